The molecule has 0 N–H and O–H groups in total. The molecular weight excluding hydrogens is 400 g/mol. The number of aromatic nitrogens is 3. The third-order valence-corrected chi connectivity index (χ3v) is 5.81. The van der Waals surface area contributed by atoms with Crippen LogP contribution in [0.4, 0.5) is 5.69 Å². The Hall–Kier alpha value is -2.87. The largest absolute Gasteiger partial charge is 0.463 e. The van der Waals surface area contributed by atoms with Gasteiger partial charge in [-0.1, -0.05) is 36.7 Å². The topological polar surface area (TPSA) is 81.3 Å². The van der Waals surface area contributed by atoms with Crippen molar-refractivity contribution in [2.75, 3.05) is 10.7 Å². The molecule has 7 nitrogen and oxygen atoms in total. The molecule has 0 bridgehead atoms. The predicted octanol–water partition coefficient (Wildman–Crippen LogP) is 5.08. The zero-order valence-corrected chi connectivity index (χ0v) is 18.3. The maximum atomic E-state index is 12.8. The first kappa shape index (κ1) is 20.4. The van der Waals surface area contributed by atoms with Crippen molar-refractivity contribution in [3.05, 3.63) is 47.4 Å². The van der Waals surface area contributed by atoms with Gasteiger partial charge in [0.15, 0.2) is 11.5 Å². The molecule has 0 saturated heterocycles. The third kappa shape index (κ3) is 3.79. The van der Waals surface area contributed by atoms with Crippen LogP contribution in [0.15, 0.2) is 40.1 Å². The van der Waals surface area contributed by atoms with E-state index in [9.17, 15) is 4.79 Å². The van der Waals surface area contributed by atoms with Crippen LogP contribution in [0.25, 0.3) is 11.3 Å². The van der Waals surface area contributed by atoms with Crippen molar-refractivity contribution in [1.82, 2.24) is 15.2 Å². The first-order valence-corrected chi connectivity index (χ1v) is 11.0. The zero-order chi connectivity index (χ0) is 21.3. The summed E-state index contributed by atoms with van der Waals surface area (Å²) in [4.78, 5) is 19.0. The van der Waals surface area contributed by atoms with E-state index >= 15 is 0 Å². The predicted molar refractivity (Wildman–Crippen MR) is 116 cm³/mol. The molecule has 0 aliphatic carbocycles. The molecule has 1 aliphatic rings. The number of carbonyl (C=O) groups is 1. The minimum Gasteiger partial charge on any atom is -0.463 e. The second-order valence-electron chi connectivity index (χ2n) is 7.30. The smallest absolute Gasteiger partial charge is 0.247 e. The summed E-state index contributed by atoms with van der Waals surface area (Å²) in [5.41, 5.74) is 4.03. The molecule has 8 heteroatoms. The Morgan fingerprint density at radius 1 is 1.27 bits per heavy atom. The van der Waals surface area contributed by atoms with E-state index in [1.54, 1.807) is 35.1 Å². The van der Waals surface area contributed by atoms with Gasteiger partial charge in [-0.15, -0.1) is 10.2 Å². The Balaban J connectivity index is 1.91. The monoisotopic (exact) mass is 424 g/mol. The van der Waals surface area contributed by atoms with Crippen molar-refractivity contribution in [1.29, 1.82) is 0 Å². The van der Waals surface area contributed by atoms with Crippen LogP contribution in [0.2, 0.25) is 0 Å². The van der Waals surface area contributed by atoms with Crippen molar-refractivity contribution >= 4 is 23.4 Å². The number of anilines is 1. The van der Waals surface area contributed by atoms with Gasteiger partial charge in [0.05, 0.1) is 12.0 Å². The number of thioether (sulfide) groups is 1. The van der Waals surface area contributed by atoms with Crippen LogP contribution in [0.3, 0.4) is 0 Å². The minimum atomic E-state index is -0.788. The normalized spacial score (nSPS) is 15.2. The molecule has 30 heavy (non-hydrogen) atoms. The van der Waals surface area contributed by atoms with Crippen molar-refractivity contribution in [2.45, 2.75) is 51.9 Å². The molecular formula is C22H24N4O3S. The summed E-state index contributed by atoms with van der Waals surface area (Å²) in [6.07, 6.45) is 2.95. The number of unbranched alkanes of at least 4 members (excludes halogenated alkanes) is 1. The van der Waals surface area contributed by atoms with Gasteiger partial charge in [-0.25, -0.2) is 0 Å². The number of hydrogen-bond acceptors (Lipinski definition) is 7. The maximum absolute atomic E-state index is 12.8. The molecule has 0 saturated carbocycles. The number of hydrogen-bond donors (Lipinski definition) is 0. The van der Waals surface area contributed by atoms with Crippen LogP contribution >= 0.6 is 11.8 Å². The van der Waals surface area contributed by atoms with E-state index in [1.807, 2.05) is 26.0 Å². The van der Waals surface area contributed by atoms with Gasteiger partial charge in [0.1, 0.15) is 0 Å². The van der Waals surface area contributed by atoms with Gasteiger partial charge < -0.3 is 9.15 Å². The standard InChI is InChI=1S/C22H24N4O3S/c1-5-6-10-30-22-23-20-18(24-25-22)16-12-13(2)11-14(3)19(16)26(15(4)27)21(29-20)17-8-7-9-28-17/h7-9,11-12,21H,5-6,10H2,1-4H3/t21-/m0/s1. The van der Waals surface area contributed by atoms with E-state index in [0.29, 0.717) is 22.5 Å². The average molecular weight is 425 g/mol. The Morgan fingerprint density at radius 3 is 2.80 bits per heavy atom. The quantitative estimate of drug-likeness (QED) is 0.417. The number of nitrogens with zero attached hydrogens (tertiary/aromatic N) is 4. The third-order valence-electron chi connectivity index (χ3n) is 4.89. The number of amides is 1. The van der Waals surface area contributed by atoms with Gasteiger partial charge >= 0.3 is 0 Å². The second kappa shape index (κ2) is 8.47. The first-order valence-electron chi connectivity index (χ1n) is 9.98. The summed E-state index contributed by atoms with van der Waals surface area (Å²) >= 11 is 1.55. The molecule has 0 fully saturated rings. The van der Waals surface area contributed by atoms with Crippen molar-refractivity contribution < 1.29 is 13.9 Å². The van der Waals surface area contributed by atoms with Gasteiger partial charge in [0.2, 0.25) is 23.2 Å². The van der Waals surface area contributed by atoms with E-state index < -0.39 is 6.23 Å². The van der Waals surface area contributed by atoms with Crippen molar-refractivity contribution in [3.8, 4) is 17.1 Å². The molecule has 3 heterocycles. The molecule has 1 atom stereocenters. The lowest BCUT2D eigenvalue weighted by atomic mass is 10.0. The Kier molecular flexibility index (Phi) is 5.76. The Morgan fingerprint density at radius 2 is 2.10 bits per heavy atom. The molecule has 0 unspecified atom stereocenters. The number of benzene rings is 1. The first-order chi connectivity index (χ1) is 14.5. The fourth-order valence-corrected chi connectivity index (χ4v) is 4.46. The van der Waals surface area contributed by atoms with Crippen LogP contribution in [-0.2, 0) is 4.79 Å². The fourth-order valence-electron chi connectivity index (χ4n) is 3.59. The van der Waals surface area contributed by atoms with E-state index in [0.717, 1.165) is 41.0 Å². The van der Waals surface area contributed by atoms with E-state index in [4.69, 9.17) is 9.15 Å². The number of ether oxygens (including phenoxy) is 1. The summed E-state index contributed by atoms with van der Waals surface area (Å²) in [6.45, 7) is 7.65. The highest BCUT2D eigenvalue weighted by atomic mass is 32.2. The van der Waals surface area contributed by atoms with Crippen molar-refractivity contribution in [3.63, 3.8) is 0 Å². The van der Waals surface area contributed by atoms with E-state index in [-0.39, 0.29) is 5.91 Å². The maximum Gasteiger partial charge on any atom is 0.247 e. The van der Waals surface area contributed by atoms with Gasteiger partial charge in [-0.2, -0.15) is 4.98 Å². The summed E-state index contributed by atoms with van der Waals surface area (Å²) in [5.74, 6) is 1.61. The highest BCUT2D eigenvalue weighted by molar-refractivity contribution is 7.99. The molecule has 3 aromatic rings. The lowest BCUT2D eigenvalue weighted by molar-refractivity contribution is -0.118. The summed E-state index contributed by atoms with van der Waals surface area (Å²) in [6, 6.07) is 7.59. The van der Waals surface area contributed by atoms with Crippen LogP contribution < -0.4 is 9.64 Å². The SMILES string of the molecule is CCCCSc1nnc2c(n1)O[C@@H](c1ccco1)N(C(C)=O)c1c(C)cc(C)cc1-2. The zero-order valence-electron chi connectivity index (χ0n) is 17.5. The van der Waals surface area contributed by atoms with Crippen LogP contribution in [0.5, 0.6) is 5.88 Å². The van der Waals surface area contributed by atoms with Gasteiger partial charge in [-0.3, -0.25) is 9.69 Å². The molecule has 0 spiro atoms. The molecule has 4 rings (SSSR count). The van der Waals surface area contributed by atoms with Crippen LogP contribution in [0, 0.1) is 13.8 Å². The van der Waals surface area contributed by atoms with Gasteiger partial charge in [0, 0.05) is 18.2 Å². The summed E-state index contributed by atoms with van der Waals surface area (Å²) in [7, 11) is 0. The fraction of sp³-hybridized carbons (Fsp3) is 0.364. The van der Waals surface area contributed by atoms with Crippen LogP contribution in [0.1, 0.15) is 49.8 Å². The average Bonchev–Trinajstić information content (AvgIpc) is 3.19. The number of rotatable bonds is 5. The number of fused-ring (bicyclic) bond motifs is 3. The highest BCUT2D eigenvalue weighted by Crippen LogP contribution is 2.45. The molecule has 156 valence electrons. The lowest BCUT2D eigenvalue weighted by Gasteiger charge is -2.29. The van der Waals surface area contributed by atoms with Gasteiger partial charge in [-0.05, 0) is 44.0 Å². The molecule has 1 aliphatic heterocycles. The second-order valence-corrected chi connectivity index (χ2v) is 8.36. The lowest BCUT2D eigenvalue weighted by Crippen LogP contribution is -2.36. The molecule has 2 aromatic heterocycles. The molecule has 1 amide bonds. The Bertz CT molecular complexity index is 1070. The van der Waals surface area contributed by atoms with E-state index in [1.165, 1.54) is 6.92 Å². The minimum absolute atomic E-state index is 0.164. The van der Waals surface area contributed by atoms with Crippen molar-refractivity contribution in [2.24, 2.45) is 0 Å². The van der Waals surface area contributed by atoms with E-state index in [2.05, 4.69) is 22.1 Å². The summed E-state index contributed by atoms with van der Waals surface area (Å²) in [5, 5.41) is 9.34. The molecule has 0 radical (unpaired) electrons. The Labute approximate surface area is 179 Å². The number of aryl methyl sites for hydroxylation is 2. The highest BCUT2D eigenvalue weighted by Gasteiger charge is 2.37. The molecule has 1 aromatic carbocycles. The summed E-state index contributed by atoms with van der Waals surface area (Å²) < 4.78 is 11.9. The van der Waals surface area contributed by atoms with Gasteiger partial charge in [0.25, 0.3) is 0 Å². The van der Waals surface area contributed by atoms with Crippen LogP contribution in [-0.4, -0.2) is 26.8 Å². The number of carbonyl (C=O) groups excluding carboxylic acids is 1. The number of furan rings is 1.